The van der Waals surface area contributed by atoms with Gasteiger partial charge in [0.25, 0.3) is 0 Å². The third-order valence-corrected chi connectivity index (χ3v) is 3.00. The molecule has 1 heteroatoms. The van der Waals surface area contributed by atoms with Gasteiger partial charge in [-0.2, -0.15) is 0 Å². The molecule has 1 aromatic carbocycles. The predicted octanol–water partition coefficient (Wildman–Crippen LogP) is 4.66. The summed E-state index contributed by atoms with van der Waals surface area (Å²) >= 11 is 4.29. The van der Waals surface area contributed by atoms with Crippen LogP contribution in [0, 0.1) is 0 Å². The van der Waals surface area contributed by atoms with Gasteiger partial charge in [-0.3, -0.25) is 0 Å². The van der Waals surface area contributed by atoms with Crippen LogP contribution in [0.5, 0.6) is 0 Å². The van der Waals surface area contributed by atoms with E-state index < -0.39 is 0 Å². The van der Waals surface area contributed by atoms with Crippen LogP contribution in [0.15, 0.2) is 29.2 Å². The van der Waals surface area contributed by atoms with Gasteiger partial charge in [-0.15, -0.1) is 12.6 Å². The van der Waals surface area contributed by atoms with Crippen molar-refractivity contribution in [2.24, 2.45) is 0 Å². The second kappa shape index (κ2) is 6.13. The first-order chi connectivity index (χ1) is 6.74. The van der Waals surface area contributed by atoms with Gasteiger partial charge in [0.05, 0.1) is 0 Å². The summed E-state index contributed by atoms with van der Waals surface area (Å²) in [6.07, 6.45) is 5.32. The highest BCUT2D eigenvalue weighted by molar-refractivity contribution is 7.80. The highest BCUT2D eigenvalue weighted by Gasteiger charge is 2.03. The first-order valence-electron chi connectivity index (χ1n) is 5.53. The molecule has 0 fully saturated rings. The molecule has 0 heterocycles. The standard InChI is InChI=1S/C13H20S/c1-3-4-5-6-11(2)12-7-9-13(14)10-8-12/h7-11,14H,3-6H2,1-2H3. The van der Waals surface area contributed by atoms with Gasteiger partial charge in [0.15, 0.2) is 0 Å². The van der Waals surface area contributed by atoms with E-state index in [-0.39, 0.29) is 0 Å². The molecule has 78 valence electrons. The van der Waals surface area contributed by atoms with Crippen LogP contribution in [0.3, 0.4) is 0 Å². The van der Waals surface area contributed by atoms with Gasteiger partial charge in [0.2, 0.25) is 0 Å². The van der Waals surface area contributed by atoms with Gasteiger partial charge in [-0.25, -0.2) is 0 Å². The van der Waals surface area contributed by atoms with Crippen LogP contribution in [-0.2, 0) is 0 Å². The van der Waals surface area contributed by atoms with Crippen molar-refractivity contribution in [1.29, 1.82) is 0 Å². The molecule has 0 nitrogen and oxygen atoms in total. The minimum absolute atomic E-state index is 0.690. The Hall–Kier alpha value is -0.430. The number of benzene rings is 1. The van der Waals surface area contributed by atoms with Crippen molar-refractivity contribution in [3.05, 3.63) is 29.8 Å². The van der Waals surface area contributed by atoms with Gasteiger partial charge < -0.3 is 0 Å². The molecule has 1 rings (SSSR count). The fraction of sp³-hybridized carbons (Fsp3) is 0.538. The summed E-state index contributed by atoms with van der Waals surface area (Å²) in [5.41, 5.74) is 1.44. The van der Waals surface area contributed by atoms with Crippen molar-refractivity contribution < 1.29 is 0 Å². The summed E-state index contributed by atoms with van der Waals surface area (Å²) in [5.74, 6) is 0.690. The lowest BCUT2D eigenvalue weighted by molar-refractivity contribution is 0.598. The molecule has 0 bridgehead atoms. The van der Waals surface area contributed by atoms with Crippen LogP contribution in [0.25, 0.3) is 0 Å². The maximum atomic E-state index is 4.29. The molecule has 0 saturated heterocycles. The Morgan fingerprint density at radius 2 is 1.79 bits per heavy atom. The molecule has 1 atom stereocenters. The number of thiol groups is 1. The molecule has 0 N–H and O–H groups in total. The lowest BCUT2D eigenvalue weighted by Crippen LogP contribution is -1.93. The second-order valence-electron chi connectivity index (χ2n) is 3.99. The molecule has 0 aliphatic rings. The summed E-state index contributed by atoms with van der Waals surface area (Å²) in [6, 6.07) is 8.54. The van der Waals surface area contributed by atoms with E-state index in [1.165, 1.54) is 31.2 Å². The third kappa shape index (κ3) is 3.75. The van der Waals surface area contributed by atoms with E-state index in [0.29, 0.717) is 5.92 Å². The van der Waals surface area contributed by atoms with Crippen molar-refractivity contribution in [1.82, 2.24) is 0 Å². The summed E-state index contributed by atoms with van der Waals surface area (Å²) < 4.78 is 0. The van der Waals surface area contributed by atoms with Crippen LogP contribution in [-0.4, -0.2) is 0 Å². The summed E-state index contributed by atoms with van der Waals surface area (Å²) in [4.78, 5) is 1.05. The van der Waals surface area contributed by atoms with Crippen molar-refractivity contribution in [3.8, 4) is 0 Å². The highest BCUT2D eigenvalue weighted by atomic mass is 32.1. The zero-order chi connectivity index (χ0) is 10.4. The largest absolute Gasteiger partial charge is 0.143 e. The number of hydrogen-bond donors (Lipinski definition) is 1. The first-order valence-corrected chi connectivity index (χ1v) is 5.97. The van der Waals surface area contributed by atoms with Crippen LogP contribution in [0.1, 0.15) is 51.0 Å². The van der Waals surface area contributed by atoms with Gasteiger partial charge in [-0.1, -0.05) is 45.2 Å². The number of rotatable bonds is 5. The Bertz CT molecular complexity index is 250. The summed E-state index contributed by atoms with van der Waals surface area (Å²) in [6.45, 7) is 4.56. The molecule has 0 radical (unpaired) electrons. The average molecular weight is 208 g/mol. The lowest BCUT2D eigenvalue weighted by Gasteiger charge is -2.11. The van der Waals surface area contributed by atoms with Crippen molar-refractivity contribution in [2.45, 2.75) is 50.3 Å². The van der Waals surface area contributed by atoms with E-state index in [4.69, 9.17) is 0 Å². The molecule has 0 saturated carbocycles. The lowest BCUT2D eigenvalue weighted by atomic mass is 9.95. The maximum absolute atomic E-state index is 4.29. The first kappa shape index (κ1) is 11.6. The quantitative estimate of drug-likeness (QED) is 0.528. The zero-order valence-electron chi connectivity index (χ0n) is 9.16. The maximum Gasteiger partial charge on any atom is 0.00401 e. The summed E-state index contributed by atoms with van der Waals surface area (Å²) in [7, 11) is 0. The molecule has 0 aliphatic carbocycles. The van der Waals surface area contributed by atoms with Gasteiger partial charge in [0.1, 0.15) is 0 Å². The average Bonchev–Trinajstić information content (AvgIpc) is 2.19. The van der Waals surface area contributed by atoms with Crippen molar-refractivity contribution >= 4 is 12.6 Å². The van der Waals surface area contributed by atoms with Crippen LogP contribution in [0.4, 0.5) is 0 Å². The molecule has 0 amide bonds. The van der Waals surface area contributed by atoms with Crippen LogP contribution >= 0.6 is 12.6 Å². The Labute approximate surface area is 93.1 Å². The monoisotopic (exact) mass is 208 g/mol. The Morgan fingerprint density at radius 3 is 2.36 bits per heavy atom. The SMILES string of the molecule is CCCCCC(C)c1ccc(S)cc1. The van der Waals surface area contributed by atoms with Crippen molar-refractivity contribution in [2.75, 3.05) is 0 Å². The molecule has 1 aromatic rings. The molecule has 0 spiro atoms. The molecular weight excluding hydrogens is 188 g/mol. The predicted molar refractivity (Wildman–Crippen MR) is 66.3 cm³/mol. The highest BCUT2D eigenvalue weighted by Crippen LogP contribution is 2.22. The number of hydrogen-bond acceptors (Lipinski definition) is 1. The zero-order valence-corrected chi connectivity index (χ0v) is 10.1. The van der Waals surface area contributed by atoms with Gasteiger partial charge >= 0.3 is 0 Å². The molecule has 1 unspecified atom stereocenters. The normalized spacial score (nSPS) is 12.8. The Kier molecular flexibility index (Phi) is 5.10. The molecule has 0 aliphatic heterocycles. The van der Waals surface area contributed by atoms with E-state index in [1.54, 1.807) is 0 Å². The minimum atomic E-state index is 0.690. The van der Waals surface area contributed by atoms with E-state index in [2.05, 4.69) is 50.7 Å². The smallest absolute Gasteiger partial charge is 0.00401 e. The topological polar surface area (TPSA) is 0 Å². The third-order valence-electron chi connectivity index (χ3n) is 2.70. The van der Waals surface area contributed by atoms with E-state index >= 15 is 0 Å². The van der Waals surface area contributed by atoms with Crippen LogP contribution in [0.2, 0.25) is 0 Å². The molecular formula is C13H20S. The second-order valence-corrected chi connectivity index (χ2v) is 4.50. The van der Waals surface area contributed by atoms with E-state index in [0.717, 1.165) is 4.90 Å². The Morgan fingerprint density at radius 1 is 1.14 bits per heavy atom. The van der Waals surface area contributed by atoms with E-state index in [1.807, 2.05) is 0 Å². The van der Waals surface area contributed by atoms with Crippen LogP contribution < -0.4 is 0 Å². The van der Waals surface area contributed by atoms with Gasteiger partial charge in [0, 0.05) is 4.90 Å². The fourth-order valence-corrected chi connectivity index (χ4v) is 1.82. The molecule has 14 heavy (non-hydrogen) atoms. The van der Waals surface area contributed by atoms with Gasteiger partial charge in [-0.05, 0) is 30.0 Å². The summed E-state index contributed by atoms with van der Waals surface area (Å²) in [5, 5.41) is 0. The minimum Gasteiger partial charge on any atom is -0.143 e. The molecule has 0 aromatic heterocycles. The Balaban J connectivity index is 2.43. The van der Waals surface area contributed by atoms with E-state index in [9.17, 15) is 0 Å². The number of unbranched alkanes of at least 4 members (excludes halogenated alkanes) is 2. The van der Waals surface area contributed by atoms with Crippen molar-refractivity contribution in [3.63, 3.8) is 0 Å². The fourth-order valence-electron chi connectivity index (χ4n) is 1.67.